The molecule has 0 atom stereocenters. The van der Waals surface area contributed by atoms with Gasteiger partial charge in [-0.15, -0.1) is 0 Å². The van der Waals surface area contributed by atoms with E-state index in [1.165, 1.54) is 0 Å². The summed E-state index contributed by atoms with van der Waals surface area (Å²) in [5.41, 5.74) is 10.4. The molecular weight excluding hydrogens is 420 g/mol. The van der Waals surface area contributed by atoms with E-state index in [2.05, 4.69) is 90.3 Å². The SMILES string of the molecule is C[CH2][Ge]([CH2]C)([CH2]C)[C](=[N+]=[N-])P(=S)(N(C(C)C)C(C)C)N(C(C)C)C(C)C. The summed E-state index contributed by atoms with van der Waals surface area (Å²) >= 11 is 4.09. The summed E-state index contributed by atoms with van der Waals surface area (Å²) in [7, 11) is 0. The molecule has 0 aromatic carbocycles. The first-order valence-corrected chi connectivity index (χ1v) is 18.5. The van der Waals surface area contributed by atoms with E-state index in [9.17, 15) is 5.53 Å². The van der Waals surface area contributed by atoms with Crippen LogP contribution in [0.4, 0.5) is 0 Å². The zero-order valence-electron chi connectivity index (χ0n) is 19.1. The first-order chi connectivity index (χ1) is 11.9. The van der Waals surface area contributed by atoms with E-state index in [0.29, 0.717) is 24.2 Å². The summed E-state index contributed by atoms with van der Waals surface area (Å²) in [6.07, 6.45) is -2.36. The molecule has 0 amide bonds. The van der Waals surface area contributed by atoms with Crippen molar-refractivity contribution in [2.75, 3.05) is 0 Å². The Morgan fingerprint density at radius 2 is 1.08 bits per heavy atom. The molecule has 0 saturated heterocycles. The average Bonchev–Trinajstić information content (AvgIpc) is 2.50. The number of hydrogen-bond donors (Lipinski definition) is 0. The van der Waals surface area contributed by atoms with Gasteiger partial charge in [0.05, 0.1) is 0 Å². The van der Waals surface area contributed by atoms with Gasteiger partial charge in [-0.2, -0.15) is 0 Å². The summed E-state index contributed by atoms with van der Waals surface area (Å²) in [4.78, 5) is 4.08. The Morgan fingerprint density at radius 1 is 0.808 bits per heavy atom. The molecule has 0 aromatic heterocycles. The quantitative estimate of drug-likeness (QED) is 0.120. The van der Waals surface area contributed by atoms with Crippen LogP contribution in [0.5, 0.6) is 0 Å². The molecule has 154 valence electrons. The van der Waals surface area contributed by atoms with Crippen LogP contribution < -0.4 is 0 Å². The van der Waals surface area contributed by atoms with Crippen LogP contribution in [0.1, 0.15) is 76.2 Å². The third kappa shape index (κ3) is 5.10. The van der Waals surface area contributed by atoms with Gasteiger partial charge in [-0.05, 0) is 0 Å². The normalized spacial score (nSPS) is 13.6. The molecule has 0 saturated carbocycles. The van der Waals surface area contributed by atoms with E-state index in [1.54, 1.807) is 0 Å². The van der Waals surface area contributed by atoms with Gasteiger partial charge in [-0.25, -0.2) is 0 Å². The summed E-state index contributed by atoms with van der Waals surface area (Å²) in [6.45, 7) is 24.7. The Hall–Kier alpha value is 0.493. The fourth-order valence-electron chi connectivity index (χ4n) is 4.48. The standard InChI is InChI=1S/C19H43GeN4PS/c1-12-20(13-2,14-3)19(22-21)25(26,23(15(4)5)16(6)7)24(17(8)9)18(10)11/h15-18H,12-14H2,1-11H3. The summed E-state index contributed by atoms with van der Waals surface area (Å²) in [5, 5.41) is 3.37. The van der Waals surface area contributed by atoms with Crippen LogP contribution >= 0.6 is 6.34 Å². The molecule has 0 spiro atoms. The summed E-state index contributed by atoms with van der Waals surface area (Å²) in [6, 6.07) is 1.23. The average molecular weight is 463 g/mol. The van der Waals surface area contributed by atoms with Crippen molar-refractivity contribution in [3.63, 3.8) is 0 Å². The fourth-order valence-corrected chi connectivity index (χ4v) is 27.2. The van der Waals surface area contributed by atoms with Crippen molar-refractivity contribution in [1.82, 2.24) is 9.34 Å². The molecule has 0 bridgehead atoms. The van der Waals surface area contributed by atoms with E-state index in [0.717, 1.165) is 20.0 Å². The number of hydrogen-bond acceptors (Lipinski definition) is 1. The summed E-state index contributed by atoms with van der Waals surface area (Å²) < 4.78 is 6.03. The predicted molar refractivity (Wildman–Crippen MR) is 124 cm³/mol. The maximum absolute atomic E-state index is 10.4. The van der Waals surface area contributed by atoms with Crippen molar-refractivity contribution in [2.45, 2.75) is 116 Å². The monoisotopic (exact) mass is 464 g/mol. The van der Waals surface area contributed by atoms with Crippen LogP contribution in [0.25, 0.3) is 5.53 Å². The van der Waals surface area contributed by atoms with Gasteiger partial charge in [-0.1, -0.05) is 0 Å². The van der Waals surface area contributed by atoms with Crippen molar-refractivity contribution >= 4 is 35.7 Å². The van der Waals surface area contributed by atoms with E-state index in [-0.39, 0.29) is 0 Å². The fraction of sp³-hybridized carbons (Fsp3) is 0.947. The second-order valence-electron chi connectivity index (χ2n) is 8.44. The molecule has 26 heavy (non-hydrogen) atoms. The second kappa shape index (κ2) is 10.9. The first kappa shape index (κ1) is 26.5. The Kier molecular flexibility index (Phi) is 11.1. The minimum atomic E-state index is -2.55. The molecule has 0 aromatic rings. The van der Waals surface area contributed by atoms with Crippen LogP contribution in [-0.2, 0) is 11.8 Å². The molecule has 7 heteroatoms. The summed E-state index contributed by atoms with van der Waals surface area (Å²) in [5.74, 6) is 0. The van der Waals surface area contributed by atoms with Crippen molar-refractivity contribution < 1.29 is 4.79 Å². The second-order valence-corrected chi connectivity index (χ2v) is 24.1. The third-order valence-corrected chi connectivity index (χ3v) is 27.2. The molecule has 0 aliphatic carbocycles. The zero-order chi connectivity index (χ0) is 20.9. The minimum absolute atomic E-state index is 0.309. The van der Waals surface area contributed by atoms with E-state index >= 15 is 0 Å². The first-order valence-electron chi connectivity index (χ1n) is 10.3. The Morgan fingerprint density at radius 3 is 1.23 bits per heavy atom. The molecule has 0 rings (SSSR count). The van der Waals surface area contributed by atoms with Crippen LogP contribution in [0.3, 0.4) is 0 Å². The topological polar surface area (TPSA) is 42.9 Å². The van der Waals surface area contributed by atoms with Crippen molar-refractivity contribution in [3.05, 3.63) is 5.53 Å². The van der Waals surface area contributed by atoms with Crippen LogP contribution in [0, 0.1) is 0 Å². The molecule has 0 aliphatic heterocycles. The molecule has 0 N–H and O–H groups in total. The molecule has 0 unspecified atom stereocenters. The Balaban J connectivity index is 7.06. The van der Waals surface area contributed by atoms with Gasteiger partial charge >= 0.3 is 171 Å². The van der Waals surface area contributed by atoms with Crippen molar-refractivity contribution in [1.29, 1.82) is 0 Å². The van der Waals surface area contributed by atoms with Crippen LogP contribution in [-0.4, -0.2) is 55.8 Å². The molecule has 0 heterocycles. The Labute approximate surface area is 171 Å². The molecule has 0 radical (unpaired) electrons. The van der Waals surface area contributed by atoms with Crippen molar-refractivity contribution in [3.8, 4) is 0 Å². The van der Waals surface area contributed by atoms with Gasteiger partial charge in [0.1, 0.15) is 0 Å². The van der Waals surface area contributed by atoms with Gasteiger partial charge in [-0.3, -0.25) is 0 Å². The zero-order valence-corrected chi connectivity index (χ0v) is 22.9. The molecule has 4 nitrogen and oxygen atoms in total. The Bertz CT molecular complexity index is 489. The predicted octanol–water partition coefficient (Wildman–Crippen LogP) is 6.21. The van der Waals surface area contributed by atoms with Gasteiger partial charge in [0.25, 0.3) is 0 Å². The van der Waals surface area contributed by atoms with Gasteiger partial charge < -0.3 is 0 Å². The van der Waals surface area contributed by atoms with E-state index in [4.69, 9.17) is 11.8 Å². The van der Waals surface area contributed by atoms with Gasteiger partial charge in [0, 0.05) is 0 Å². The number of nitrogens with zero attached hydrogens (tertiary/aromatic N) is 4. The third-order valence-electron chi connectivity index (χ3n) is 5.62. The maximum atomic E-state index is 10.4. The number of rotatable bonds is 11. The molecule has 0 fully saturated rings. The molecule has 0 aliphatic rings. The van der Waals surface area contributed by atoms with Gasteiger partial charge in [0.2, 0.25) is 0 Å². The van der Waals surface area contributed by atoms with Crippen molar-refractivity contribution in [2.24, 2.45) is 0 Å². The van der Waals surface area contributed by atoms with Gasteiger partial charge in [0.15, 0.2) is 0 Å². The van der Waals surface area contributed by atoms with E-state index < -0.39 is 19.6 Å². The van der Waals surface area contributed by atoms with Crippen LogP contribution in [0.15, 0.2) is 0 Å². The van der Waals surface area contributed by atoms with E-state index in [1.807, 2.05) is 0 Å². The van der Waals surface area contributed by atoms with Crippen LogP contribution in [0.2, 0.25) is 15.8 Å². The molecular formula is C19H43GeN4PS.